The van der Waals surface area contributed by atoms with E-state index in [1.54, 1.807) is 42.5 Å². The van der Waals surface area contributed by atoms with Crippen molar-refractivity contribution in [3.05, 3.63) is 94.9 Å². The maximum atomic E-state index is 12.8. The third-order valence-electron chi connectivity index (χ3n) is 5.63. The van der Waals surface area contributed by atoms with Gasteiger partial charge in [0.1, 0.15) is 34.6 Å². The molecular formula is C29H28N2O5. The van der Waals surface area contributed by atoms with Gasteiger partial charge in [0, 0.05) is 11.6 Å². The van der Waals surface area contributed by atoms with Crippen LogP contribution in [-0.2, 0) is 0 Å². The van der Waals surface area contributed by atoms with Crippen molar-refractivity contribution < 1.29 is 23.7 Å². The minimum atomic E-state index is -0.520. The summed E-state index contributed by atoms with van der Waals surface area (Å²) in [5.74, 6) is 1.17. The molecule has 2 N–H and O–H groups in total. The third-order valence-corrected chi connectivity index (χ3v) is 5.63. The number of allylic oxidation sites excluding steroid dienone is 1. The van der Waals surface area contributed by atoms with Crippen LogP contribution in [0, 0.1) is 11.3 Å². The number of nitrogens with zero attached hydrogens (tertiary/aromatic N) is 1. The lowest BCUT2D eigenvalue weighted by Gasteiger charge is -2.26. The van der Waals surface area contributed by atoms with Gasteiger partial charge >= 0.3 is 5.97 Å². The molecule has 0 aliphatic carbocycles. The molecule has 7 heteroatoms. The zero-order valence-corrected chi connectivity index (χ0v) is 20.3. The maximum absolute atomic E-state index is 12.8. The monoisotopic (exact) mass is 484 g/mol. The molecule has 0 bridgehead atoms. The van der Waals surface area contributed by atoms with E-state index in [4.69, 9.17) is 24.7 Å². The lowest BCUT2D eigenvalue weighted by Crippen LogP contribution is -2.21. The van der Waals surface area contributed by atoms with E-state index in [0.29, 0.717) is 41.6 Å². The molecule has 0 saturated carbocycles. The van der Waals surface area contributed by atoms with Crippen LogP contribution in [0.3, 0.4) is 0 Å². The Kier molecular flexibility index (Phi) is 7.76. The molecule has 0 fully saturated rings. The van der Waals surface area contributed by atoms with Gasteiger partial charge in [-0.3, -0.25) is 0 Å². The van der Waals surface area contributed by atoms with Gasteiger partial charge in [0.25, 0.3) is 0 Å². The number of carbonyl (C=O) groups excluding carboxylic acids is 1. The van der Waals surface area contributed by atoms with Crippen LogP contribution in [0.25, 0.3) is 0 Å². The lowest BCUT2D eigenvalue weighted by molar-refractivity contribution is 0.0734. The number of hydrogen-bond donors (Lipinski definition) is 1. The zero-order valence-electron chi connectivity index (χ0n) is 20.3. The van der Waals surface area contributed by atoms with Crippen LogP contribution in [0.1, 0.15) is 54.1 Å². The molecule has 3 aromatic rings. The van der Waals surface area contributed by atoms with Gasteiger partial charge in [0.05, 0.1) is 24.7 Å². The van der Waals surface area contributed by atoms with Crippen LogP contribution in [0.2, 0.25) is 0 Å². The molecule has 0 amide bonds. The Labute approximate surface area is 210 Å². The Morgan fingerprint density at radius 1 is 0.944 bits per heavy atom. The highest BCUT2D eigenvalue weighted by molar-refractivity contribution is 5.91. The van der Waals surface area contributed by atoms with Crippen LogP contribution < -0.4 is 24.7 Å². The van der Waals surface area contributed by atoms with Gasteiger partial charge in [-0.25, -0.2) is 4.79 Å². The van der Waals surface area contributed by atoms with Crippen LogP contribution >= 0.6 is 0 Å². The van der Waals surface area contributed by atoms with Crippen molar-refractivity contribution in [2.75, 3.05) is 13.2 Å². The van der Waals surface area contributed by atoms with Gasteiger partial charge in [0.2, 0.25) is 5.88 Å². The van der Waals surface area contributed by atoms with Gasteiger partial charge in [-0.1, -0.05) is 38.1 Å². The summed E-state index contributed by atoms with van der Waals surface area (Å²) in [5.41, 5.74) is 8.42. The molecule has 36 heavy (non-hydrogen) atoms. The highest BCUT2D eigenvalue weighted by Crippen LogP contribution is 2.43. The molecule has 0 aromatic heterocycles. The molecular weight excluding hydrogens is 456 g/mol. The second kappa shape index (κ2) is 11.3. The predicted octanol–water partition coefficient (Wildman–Crippen LogP) is 5.70. The number of rotatable bonds is 9. The Morgan fingerprint density at radius 3 is 2.33 bits per heavy atom. The van der Waals surface area contributed by atoms with E-state index in [9.17, 15) is 10.1 Å². The highest BCUT2D eigenvalue weighted by Gasteiger charge is 2.31. The van der Waals surface area contributed by atoms with Crippen molar-refractivity contribution >= 4 is 5.97 Å². The second-order valence-electron chi connectivity index (χ2n) is 8.31. The maximum Gasteiger partial charge on any atom is 0.343 e. The molecule has 1 heterocycles. The van der Waals surface area contributed by atoms with Crippen molar-refractivity contribution in [2.45, 2.75) is 32.6 Å². The molecule has 4 rings (SSSR count). The molecule has 184 valence electrons. The first kappa shape index (κ1) is 24.7. The first-order valence-corrected chi connectivity index (χ1v) is 11.9. The summed E-state index contributed by atoms with van der Waals surface area (Å²) in [6.45, 7) is 5.26. The molecule has 1 unspecified atom stereocenters. The number of nitriles is 1. The molecule has 7 nitrogen and oxygen atoms in total. The summed E-state index contributed by atoms with van der Waals surface area (Å²) in [4.78, 5) is 12.8. The average molecular weight is 485 g/mol. The van der Waals surface area contributed by atoms with Crippen molar-refractivity contribution in [3.8, 4) is 29.1 Å². The van der Waals surface area contributed by atoms with Crippen LogP contribution in [0.5, 0.6) is 23.0 Å². The van der Waals surface area contributed by atoms with Gasteiger partial charge in [-0.2, -0.15) is 5.26 Å². The van der Waals surface area contributed by atoms with Crippen molar-refractivity contribution in [1.82, 2.24) is 0 Å². The Balaban J connectivity index is 1.59. The van der Waals surface area contributed by atoms with E-state index in [0.717, 1.165) is 29.7 Å². The number of benzene rings is 3. The van der Waals surface area contributed by atoms with E-state index in [1.165, 1.54) is 0 Å². The molecule has 1 atom stereocenters. The first-order valence-electron chi connectivity index (χ1n) is 11.9. The normalized spacial score (nSPS) is 14.3. The summed E-state index contributed by atoms with van der Waals surface area (Å²) in [7, 11) is 0. The van der Waals surface area contributed by atoms with Gasteiger partial charge < -0.3 is 24.7 Å². The average Bonchev–Trinajstić information content (AvgIpc) is 2.90. The predicted molar refractivity (Wildman–Crippen MR) is 135 cm³/mol. The summed E-state index contributed by atoms with van der Waals surface area (Å²) in [5, 5.41) is 9.79. The molecule has 1 aliphatic rings. The van der Waals surface area contributed by atoms with E-state index in [1.807, 2.05) is 38.1 Å². The number of esters is 1. The number of carbonyl (C=O) groups is 1. The number of hydrogen-bond acceptors (Lipinski definition) is 7. The third kappa shape index (κ3) is 5.44. The van der Waals surface area contributed by atoms with E-state index in [-0.39, 0.29) is 5.88 Å². The molecule has 3 aromatic carbocycles. The largest absolute Gasteiger partial charge is 0.494 e. The first-order chi connectivity index (χ1) is 17.5. The Bertz CT molecular complexity index is 1310. The van der Waals surface area contributed by atoms with Gasteiger partial charge in [-0.05, 0) is 54.8 Å². The van der Waals surface area contributed by atoms with E-state index < -0.39 is 11.9 Å². The zero-order chi connectivity index (χ0) is 25.5. The van der Waals surface area contributed by atoms with Crippen LogP contribution in [0.15, 0.2) is 78.2 Å². The van der Waals surface area contributed by atoms with Crippen molar-refractivity contribution in [1.29, 1.82) is 5.26 Å². The number of fused-ring (bicyclic) bond motifs is 1. The molecule has 0 radical (unpaired) electrons. The topological polar surface area (TPSA) is 104 Å². The van der Waals surface area contributed by atoms with Gasteiger partial charge in [-0.15, -0.1) is 0 Å². The summed E-state index contributed by atoms with van der Waals surface area (Å²) in [6, 6.07) is 21.7. The highest BCUT2D eigenvalue weighted by atomic mass is 16.5. The smallest absolute Gasteiger partial charge is 0.343 e. The Hall–Kier alpha value is -4.44. The van der Waals surface area contributed by atoms with Gasteiger partial charge in [0.15, 0.2) is 0 Å². The Morgan fingerprint density at radius 2 is 1.64 bits per heavy atom. The van der Waals surface area contributed by atoms with E-state index >= 15 is 0 Å². The summed E-state index contributed by atoms with van der Waals surface area (Å²) < 4.78 is 22.6. The van der Waals surface area contributed by atoms with E-state index in [2.05, 4.69) is 6.07 Å². The molecule has 0 spiro atoms. The summed E-state index contributed by atoms with van der Waals surface area (Å²) >= 11 is 0. The second-order valence-corrected chi connectivity index (χ2v) is 8.31. The minimum absolute atomic E-state index is 0.0190. The quantitative estimate of drug-likeness (QED) is 0.307. The SMILES string of the molecule is CCCOc1ccc(C2C(C#N)=C(N)Oc3cc(OC(=O)c4cccc(OCCC)c4)ccc32)cc1. The van der Waals surface area contributed by atoms with Crippen molar-refractivity contribution in [3.63, 3.8) is 0 Å². The van der Waals surface area contributed by atoms with Crippen LogP contribution in [-0.4, -0.2) is 19.2 Å². The molecule has 0 saturated heterocycles. The lowest BCUT2D eigenvalue weighted by atomic mass is 9.83. The summed E-state index contributed by atoms with van der Waals surface area (Å²) in [6.07, 6.45) is 1.78. The fourth-order valence-electron chi connectivity index (χ4n) is 3.92. The minimum Gasteiger partial charge on any atom is -0.494 e. The number of nitrogens with two attached hydrogens (primary N) is 1. The standard InChI is InChI=1S/C29H28N2O5/c1-3-14-33-21-10-8-19(9-11-21)27-24-13-12-23(17-26(24)36-28(31)25(27)18-30)35-29(32)20-6-5-7-22(16-20)34-15-4-2/h5-13,16-17,27H,3-4,14-15,31H2,1-2H3. The van der Waals surface area contributed by atoms with Crippen LogP contribution in [0.4, 0.5) is 0 Å². The number of ether oxygens (including phenoxy) is 4. The fourth-order valence-corrected chi connectivity index (χ4v) is 3.92. The molecule has 1 aliphatic heterocycles. The fraction of sp³-hybridized carbons (Fsp3) is 0.241. The van der Waals surface area contributed by atoms with Crippen molar-refractivity contribution in [2.24, 2.45) is 5.73 Å².